The molecular weight excluding hydrogens is 522 g/mol. The highest BCUT2D eigenvalue weighted by molar-refractivity contribution is 6.03. The fourth-order valence-electron chi connectivity index (χ4n) is 4.77. The Morgan fingerprint density at radius 2 is 1.79 bits per heavy atom. The quantitative estimate of drug-likeness (QED) is 0.427. The molecule has 0 unspecified atom stereocenters. The van der Waals surface area contributed by atoms with E-state index in [1.807, 2.05) is 6.92 Å². The number of piperazine rings is 1. The number of amides is 2. The molecule has 3 N–H and O–H groups in total. The van der Waals surface area contributed by atoms with Crippen LogP contribution in [0.1, 0.15) is 35.7 Å². The second kappa shape index (κ2) is 10.3. The van der Waals surface area contributed by atoms with Gasteiger partial charge in [-0.1, -0.05) is 0 Å². The highest BCUT2D eigenvalue weighted by Crippen LogP contribution is 2.44. The van der Waals surface area contributed by atoms with Crippen molar-refractivity contribution in [3.8, 4) is 0 Å². The van der Waals surface area contributed by atoms with Crippen LogP contribution in [0.5, 0.6) is 0 Å². The van der Waals surface area contributed by atoms with Crippen LogP contribution in [-0.2, 0) is 11.2 Å². The zero-order chi connectivity index (χ0) is 27.9. The van der Waals surface area contributed by atoms with Crippen LogP contribution in [-0.4, -0.2) is 70.4 Å². The smallest absolute Gasteiger partial charge is 0.475 e. The minimum atomic E-state index is -5.08. The van der Waals surface area contributed by atoms with Gasteiger partial charge in [0.25, 0.3) is 0 Å². The Bertz CT molecular complexity index is 1410. The Kier molecular flexibility index (Phi) is 7.05. The number of alkyl halides is 3. The first kappa shape index (κ1) is 26.7. The van der Waals surface area contributed by atoms with Crippen LogP contribution in [0, 0.1) is 12.7 Å². The van der Waals surface area contributed by atoms with Gasteiger partial charge in [0.05, 0.1) is 11.4 Å². The van der Waals surface area contributed by atoms with Gasteiger partial charge in [0.1, 0.15) is 5.82 Å². The zero-order valence-corrected chi connectivity index (χ0v) is 21.1. The summed E-state index contributed by atoms with van der Waals surface area (Å²) < 4.78 is 47.8. The van der Waals surface area contributed by atoms with Crippen molar-refractivity contribution in [2.45, 2.75) is 38.3 Å². The number of nitrogens with one attached hydrogen (secondary N) is 2. The Morgan fingerprint density at radius 1 is 1.10 bits per heavy atom. The topological polar surface area (TPSA) is 115 Å². The van der Waals surface area contributed by atoms with Gasteiger partial charge in [-0.15, -0.1) is 0 Å². The fourth-order valence-corrected chi connectivity index (χ4v) is 4.77. The summed E-state index contributed by atoms with van der Waals surface area (Å²) in [5.41, 5.74) is 4.81. The summed E-state index contributed by atoms with van der Waals surface area (Å²) >= 11 is 0. The molecule has 0 aromatic carbocycles. The standard InChI is InChI=1S/C23H26FN7O.C2HF3O2/c1-14-12-30-13-16(10-18(24)22(30)26-14)27-23(32)31-7-4-17-20(29-8-5-25-6-9-29)11-19(15-2-3-15)28-21(17)31;3-2(4,5)1(6)7/h10-13,15,25H,2-9H2,1H3,(H,27,32);(H,6,7). The summed E-state index contributed by atoms with van der Waals surface area (Å²) in [5.74, 6) is -1.98. The molecule has 1 saturated heterocycles. The summed E-state index contributed by atoms with van der Waals surface area (Å²) in [6.07, 6.45) is 1.43. The van der Waals surface area contributed by atoms with E-state index in [0.29, 0.717) is 18.2 Å². The highest BCUT2D eigenvalue weighted by atomic mass is 19.4. The molecule has 6 rings (SSSR count). The summed E-state index contributed by atoms with van der Waals surface area (Å²) in [4.78, 5) is 35.3. The first-order chi connectivity index (χ1) is 18.5. The molecule has 10 nitrogen and oxygen atoms in total. The van der Waals surface area contributed by atoms with E-state index in [2.05, 4.69) is 26.6 Å². The number of carboxylic acids is 1. The average molecular weight is 550 g/mol. The number of aliphatic carboxylic acids is 1. The summed E-state index contributed by atoms with van der Waals surface area (Å²) in [6, 6.07) is 3.27. The zero-order valence-electron chi connectivity index (χ0n) is 21.1. The molecule has 3 aromatic heterocycles. The number of carbonyl (C=O) groups is 2. The number of aryl methyl sites for hydroxylation is 1. The molecule has 2 amide bonds. The van der Waals surface area contributed by atoms with Gasteiger partial charge in [-0.2, -0.15) is 13.2 Å². The predicted octanol–water partition coefficient (Wildman–Crippen LogP) is 3.69. The van der Waals surface area contributed by atoms with Crippen molar-refractivity contribution in [2.24, 2.45) is 0 Å². The third-order valence-corrected chi connectivity index (χ3v) is 6.76. The maximum Gasteiger partial charge on any atom is 0.490 e. The second-order valence-corrected chi connectivity index (χ2v) is 9.70. The Hall–Kier alpha value is -3.94. The molecule has 5 heterocycles. The van der Waals surface area contributed by atoms with Crippen molar-refractivity contribution >= 4 is 34.8 Å². The minimum absolute atomic E-state index is 0.253. The number of urea groups is 1. The molecule has 1 saturated carbocycles. The van der Waals surface area contributed by atoms with Gasteiger partial charge < -0.3 is 25.0 Å². The Balaban J connectivity index is 0.000000392. The summed E-state index contributed by atoms with van der Waals surface area (Å²) in [5, 5.41) is 13.4. The van der Waals surface area contributed by atoms with Crippen molar-refractivity contribution in [1.82, 2.24) is 19.7 Å². The van der Waals surface area contributed by atoms with E-state index in [-0.39, 0.29) is 11.7 Å². The lowest BCUT2D eigenvalue weighted by atomic mass is 10.1. The molecule has 0 atom stereocenters. The van der Waals surface area contributed by atoms with Crippen LogP contribution in [0.2, 0.25) is 0 Å². The van der Waals surface area contributed by atoms with Crippen LogP contribution in [0.3, 0.4) is 0 Å². The molecular formula is C25H27F4N7O3. The van der Waals surface area contributed by atoms with Gasteiger partial charge >= 0.3 is 18.2 Å². The van der Waals surface area contributed by atoms with Crippen LogP contribution in [0.25, 0.3) is 5.65 Å². The van der Waals surface area contributed by atoms with E-state index < -0.39 is 18.0 Å². The maximum absolute atomic E-state index is 14.5. The molecule has 0 bridgehead atoms. The number of aromatic nitrogens is 3. The highest BCUT2D eigenvalue weighted by Gasteiger charge is 2.38. The Labute approximate surface area is 220 Å². The van der Waals surface area contributed by atoms with E-state index in [1.165, 1.54) is 11.8 Å². The SMILES string of the molecule is Cc1cn2cc(NC(=O)N3CCc4c(N5CCNCC5)cc(C5CC5)nc43)cc(F)c2n1.O=C(O)C(F)(F)F. The first-order valence-corrected chi connectivity index (χ1v) is 12.5. The van der Waals surface area contributed by atoms with Gasteiger partial charge in [0, 0.05) is 74.0 Å². The van der Waals surface area contributed by atoms with Crippen LogP contribution in [0.4, 0.5) is 39.5 Å². The normalized spacial score (nSPS) is 17.1. The largest absolute Gasteiger partial charge is 0.490 e. The molecule has 2 fully saturated rings. The summed E-state index contributed by atoms with van der Waals surface area (Å²) in [7, 11) is 0. The number of anilines is 3. The number of rotatable bonds is 3. The van der Waals surface area contributed by atoms with Gasteiger partial charge in [-0.3, -0.25) is 4.90 Å². The van der Waals surface area contributed by atoms with Crippen molar-refractivity contribution in [1.29, 1.82) is 0 Å². The minimum Gasteiger partial charge on any atom is -0.475 e. The number of carboxylic acid groups (broad SMARTS) is 1. The van der Waals surface area contributed by atoms with E-state index in [1.54, 1.807) is 21.7 Å². The monoisotopic (exact) mass is 549 g/mol. The lowest BCUT2D eigenvalue weighted by Crippen LogP contribution is -2.44. The lowest BCUT2D eigenvalue weighted by Gasteiger charge is -2.31. The number of carbonyl (C=O) groups excluding carboxylic acids is 1. The number of nitrogens with zero attached hydrogens (tertiary/aromatic N) is 5. The van der Waals surface area contributed by atoms with E-state index in [0.717, 1.165) is 68.2 Å². The van der Waals surface area contributed by atoms with Crippen molar-refractivity contribution in [3.63, 3.8) is 0 Å². The van der Waals surface area contributed by atoms with Gasteiger partial charge in [-0.25, -0.2) is 23.9 Å². The van der Waals surface area contributed by atoms with Gasteiger partial charge in [-0.05, 0) is 32.3 Å². The molecule has 3 aromatic rings. The third-order valence-electron chi connectivity index (χ3n) is 6.76. The van der Waals surface area contributed by atoms with E-state index in [9.17, 15) is 22.4 Å². The van der Waals surface area contributed by atoms with Gasteiger partial charge in [0.15, 0.2) is 11.5 Å². The molecule has 2 aliphatic heterocycles. The number of imidazole rings is 1. The van der Waals surface area contributed by atoms with E-state index in [4.69, 9.17) is 14.9 Å². The summed E-state index contributed by atoms with van der Waals surface area (Å²) in [6.45, 7) is 6.21. The fraction of sp³-hybridized carbons (Fsp3) is 0.440. The molecule has 208 valence electrons. The second-order valence-electron chi connectivity index (χ2n) is 9.70. The number of hydrogen-bond acceptors (Lipinski definition) is 6. The van der Waals surface area contributed by atoms with Crippen LogP contribution < -0.4 is 20.4 Å². The molecule has 39 heavy (non-hydrogen) atoms. The van der Waals surface area contributed by atoms with Crippen molar-refractivity contribution < 1.29 is 32.3 Å². The van der Waals surface area contributed by atoms with Crippen molar-refractivity contribution in [2.75, 3.05) is 47.8 Å². The number of hydrogen-bond donors (Lipinski definition) is 3. The number of fused-ring (bicyclic) bond motifs is 2. The number of halogens is 4. The van der Waals surface area contributed by atoms with Gasteiger partial charge in [0.2, 0.25) is 0 Å². The van der Waals surface area contributed by atoms with E-state index >= 15 is 0 Å². The molecule has 3 aliphatic rings. The molecule has 0 spiro atoms. The number of pyridine rings is 2. The lowest BCUT2D eigenvalue weighted by molar-refractivity contribution is -0.192. The average Bonchev–Trinajstić information content (AvgIpc) is 3.53. The first-order valence-electron chi connectivity index (χ1n) is 12.5. The predicted molar refractivity (Wildman–Crippen MR) is 135 cm³/mol. The maximum atomic E-state index is 14.5. The van der Waals surface area contributed by atoms with Crippen molar-refractivity contribution in [3.05, 3.63) is 47.3 Å². The molecule has 0 radical (unpaired) electrons. The van der Waals surface area contributed by atoms with Crippen LogP contribution in [0.15, 0.2) is 24.5 Å². The molecule has 1 aliphatic carbocycles. The third kappa shape index (κ3) is 5.75. The Morgan fingerprint density at radius 3 is 2.44 bits per heavy atom. The van der Waals surface area contributed by atoms with Crippen LogP contribution >= 0.6 is 0 Å². The molecule has 14 heteroatoms.